The second-order valence-electron chi connectivity index (χ2n) is 4.19. The summed E-state index contributed by atoms with van der Waals surface area (Å²) >= 11 is 0. The summed E-state index contributed by atoms with van der Waals surface area (Å²) in [6.45, 7) is -0.114. The third-order valence-corrected chi connectivity index (χ3v) is 2.94. The van der Waals surface area contributed by atoms with E-state index < -0.39 is 28.4 Å². The molecule has 0 radical (unpaired) electrons. The molecule has 1 heterocycles. The van der Waals surface area contributed by atoms with Gasteiger partial charge in [0.2, 0.25) is 0 Å². The predicted octanol–water partition coefficient (Wildman–Crippen LogP) is -0.279. The number of nitrogens with zero attached hydrogens (tertiary/aromatic N) is 2. The molecule has 0 spiro atoms. The van der Waals surface area contributed by atoms with Gasteiger partial charge in [0.05, 0.1) is 10.5 Å². The van der Waals surface area contributed by atoms with E-state index >= 15 is 0 Å². The van der Waals surface area contributed by atoms with Crippen LogP contribution >= 0.6 is 0 Å². The second-order valence-corrected chi connectivity index (χ2v) is 4.19. The molecular weight excluding hydrogens is 268 g/mol. The number of carbonyl (C=O) groups is 3. The van der Waals surface area contributed by atoms with Crippen LogP contribution in [0.3, 0.4) is 0 Å². The third-order valence-electron chi connectivity index (χ3n) is 2.94. The van der Waals surface area contributed by atoms with E-state index in [0.29, 0.717) is 0 Å². The lowest BCUT2D eigenvalue weighted by atomic mass is 10.1. The lowest BCUT2D eigenvalue weighted by Crippen LogP contribution is -2.32. The molecule has 1 aliphatic rings. The van der Waals surface area contributed by atoms with E-state index in [1.807, 2.05) is 0 Å². The molecule has 1 aromatic rings. The van der Waals surface area contributed by atoms with Gasteiger partial charge in [0.25, 0.3) is 17.5 Å². The van der Waals surface area contributed by atoms with Gasteiger partial charge in [-0.3, -0.25) is 24.6 Å². The molecule has 1 aliphatic heterocycles. The number of hydrogen-bond donors (Lipinski definition) is 0. The Labute approximate surface area is 112 Å². The summed E-state index contributed by atoms with van der Waals surface area (Å²) in [4.78, 5) is 45.3. The van der Waals surface area contributed by atoms with E-state index in [1.54, 1.807) is 0 Å². The Kier molecular flexibility index (Phi) is 3.47. The molecule has 0 aliphatic carbocycles. The Hall–Kier alpha value is -2.77. The average Bonchev–Trinajstić information content (AvgIpc) is 2.63. The normalized spacial score (nSPS) is 13.5. The minimum absolute atomic E-state index is 0.0300. The fourth-order valence-corrected chi connectivity index (χ4v) is 2.05. The molecule has 1 aromatic carbocycles. The quantitative estimate of drug-likeness (QED) is 0.414. The van der Waals surface area contributed by atoms with Crippen LogP contribution in [0.1, 0.15) is 33.6 Å². The molecular formula is C12H9N2O6-. The molecule has 104 valence electrons. The predicted molar refractivity (Wildman–Crippen MR) is 62.7 cm³/mol. The minimum Gasteiger partial charge on any atom is -0.550 e. The molecule has 2 rings (SSSR count). The number of benzene rings is 1. The summed E-state index contributed by atoms with van der Waals surface area (Å²) in [6.07, 6.45) is -0.253. The van der Waals surface area contributed by atoms with Crippen LogP contribution in [0.2, 0.25) is 0 Å². The highest BCUT2D eigenvalue weighted by Gasteiger charge is 2.40. The van der Waals surface area contributed by atoms with Gasteiger partial charge in [-0.1, -0.05) is 6.07 Å². The second kappa shape index (κ2) is 5.08. The Morgan fingerprint density at radius 1 is 1.25 bits per heavy atom. The molecule has 0 unspecified atom stereocenters. The van der Waals surface area contributed by atoms with E-state index in [4.69, 9.17) is 0 Å². The monoisotopic (exact) mass is 277 g/mol. The van der Waals surface area contributed by atoms with Crippen molar-refractivity contribution < 1.29 is 24.4 Å². The summed E-state index contributed by atoms with van der Waals surface area (Å²) in [5.74, 6) is -2.70. The van der Waals surface area contributed by atoms with E-state index in [0.717, 1.165) is 11.0 Å². The van der Waals surface area contributed by atoms with Crippen molar-refractivity contribution in [1.82, 2.24) is 4.90 Å². The molecule has 0 fully saturated rings. The first kappa shape index (κ1) is 13.7. The Morgan fingerprint density at radius 3 is 2.55 bits per heavy atom. The number of carbonyl (C=O) groups excluding carboxylic acids is 3. The van der Waals surface area contributed by atoms with Crippen LogP contribution in [-0.4, -0.2) is 34.2 Å². The van der Waals surface area contributed by atoms with Gasteiger partial charge in [0, 0.05) is 18.6 Å². The van der Waals surface area contributed by atoms with E-state index in [1.165, 1.54) is 12.1 Å². The largest absolute Gasteiger partial charge is 0.550 e. The van der Waals surface area contributed by atoms with Gasteiger partial charge in [0.1, 0.15) is 5.56 Å². The van der Waals surface area contributed by atoms with Crippen molar-refractivity contribution in [2.45, 2.75) is 12.8 Å². The van der Waals surface area contributed by atoms with Gasteiger partial charge >= 0.3 is 0 Å². The van der Waals surface area contributed by atoms with Gasteiger partial charge in [-0.25, -0.2) is 0 Å². The van der Waals surface area contributed by atoms with E-state index in [-0.39, 0.29) is 30.5 Å². The lowest BCUT2D eigenvalue weighted by Gasteiger charge is -2.13. The molecule has 0 N–H and O–H groups in total. The molecule has 2 amide bonds. The lowest BCUT2D eigenvalue weighted by molar-refractivity contribution is -0.385. The smallest absolute Gasteiger partial charge is 0.282 e. The van der Waals surface area contributed by atoms with Gasteiger partial charge in [-0.2, -0.15) is 0 Å². The van der Waals surface area contributed by atoms with E-state index in [9.17, 15) is 29.6 Å². The van der Waals surface area contributed by atoms with E-state index in [2.05, 4.69) is 0 Å². The van der Waals surface area contributed by atoms with Gasteiger partial charge in [-0.15, -0.1) is 0 Å². The van der Waals surface area contributed by atoms with Crippen molar-refractivity contribution in [2.75, 3.05) is 6.54 Å². The Bertz CT molecular complexity index is 624. The van der Waals surface area contributed by atoms with Crippen LogP contribution in [0.5, 0.6) is 0 Å². The maximum Gasteiger partial charge on any atom is 0.282 e. The SMILES string of the molecule is O=C([O-])CCCN1C(=O)c2cccc([N+](=O)[O-])c2C1=O. The summed E-state index contributed by atoms with van der Waals surface area (Å²) in [6, 6.07) is 3.81. The van der Waals surface area contributed by atoms with Crippen LogP contribution in [0.4, 0.5) is 5.69 Å². The average molecular weight is 277 g/mol. The van der Waals surface area contributed by atoms with Crippen molar-refractivity contribution in [2.24, 2.45) is 0 Å². The third kappa shape index (κ3) is 2.22. The number of amides is 2. The van der Waals surface area contributed by atoms with Gasteiger partial charge in [-0.05, 0) is 18.9 Å². The van der Waals surface area contributed by atoms with Crippen LogP contribution in [0.15, 0.2) is 18.2 Å². The highest BCUT2D eigenvalue weighted by molar-refractivity contribution is 6.23. The topological polar surface area (TPSA) is 121 Å². The molecule has 0 aromatic heterocycles. The maximum atomic E-state index is 12.0. The highest BCUT2D eigenvalue weighted by atomic mass is 16.6. The summed E-state index contributed by atoms with van der Waals surface area (Å²) in [5.41, 5.74) is -0.697. The van der Waals surface area contributed by atoms with Gasteiger partial charge in [0.15, 0.2) is 0 Å². The molecule has 0 saturated heterocycles. The van der Waals surface area contributed by atoms with Crippen molar-refractivity contribution >= 4 is 23.5 Å². The summed E-state index contributed by atoms with van der Waals surface area (Å²) < 4.78 is 0. The number of nitro groups is 1. The van der Waals surface area contributed by atoms with Gasteiger partial charge < -0.3 is 9.90 Å². The Morgan fingerprint density at radius 2 is 1.95 bits per heavy atom. The number of nitro benzene ring substituents is 1. The zero-order valence-electron chi connectivity index (χ0n) is 10.2. The summed E-state index contributed by atoms with van der Waals surface area (Å²) in [7, 11) is 0. The van der Waals surface area contributed by atoms with Crippen molar-refractivity contribution in [3.05, 3.63) is 39.4 Å². The molecule has 0 atom stereocenters. The van der Waals surface area contributed by atoms with Crippen LogP contribution in [0.25, 0.3) is 0 Å². The van der Waals surface area contributed by atoms with Crippen molar-refractivity contribution in [1.29, 1.82) is 0 Å². The molecule has 20 heavy (non-hydrogen) atoms. The number of hydrogen-bond acceptors (Lipinski definition) is 6. The standard InChI is InChI=1S/C12H10N2O6/c15-9(16)5-2-6-13-11(17)7-3-1-4-8(14(19)20)10(7)12(13)18/h1,3-4H,2,5-6H2,(H,15,16)/p-1. The first-order valence-corrected chi connectivity index (χ1v) is 5.77. The molecule has 8 heteroatoms. The Balaban J connectivity index is 2.28. The van der Waals surface area contributed by atoms with Crippen molar-refractivity contribution in [3.8, 4) is 0 Å². The van der Waals surface area contributed by atoms with Crippen LogP contribution in [-0.2, 0) is 4.79 Å². The number of carboxylic acids is 1. The zero-order chi connectivity index (χ0) is 14.9. The molecule has 8 nitrogen and oxygen atoms in total. The summed E-state index contributed by atoms with van der Waals surface area (Å²) in [5, 5.41) is 21.2. The molecule has 0 bridgehead atoms. The number of carboxylic acid groups (broad SMARTS) is 1. The maximum absolute atomic E-state index is 12.0. The first-order chi connectivity index (χ1) is 9.43. The minimum atomic E-state index is -1.28. The fourth-order valence-electron chi connectivity index (χ4n) is 2.05. The van der Waals surface area contributed by atoms with Crippen molar-refractivity contribution in [3.63, 3.8) is 0 Å². The fraction of sp³-hybridized carbons (Fsp3) is 0.250. The number of rotatable bonds is 5. The molecule has 0 saturated carbocycles. The van der Waals surface area contributed by atoms with Crippen LogP contribution in [0, 0.1) is 10.1 Å². The number of fused-ring (bicyclic) bond motifs is 1. The van der Waals surface area contributed by atoms with Crippen LogP contribution < -0.4 is 5.11 Å². The number of imide groups is 1. The zero-order valence-corrected chi connectivity index (χ0v) is 10.2. The number of aliphatic carboxylic acids is 1. The first-order valence-electron chi connectivity index (χ1n) is 5.77. The highest BCUT2D eigenvalue weighted by Crippen LogP contribution is 2.30.